The summed E-state index contributed by atoms with van der Waals surface area (Å²) in [5.41, 5.74) is 1.78. The lowest BCUT2D eigenvalue weighted by molar-refractivity contribution is -0.113. The van der Waals surface area contributed by atoms with E-state index in [2.05, 4.69) is 15.3 Å². The van der Waals surface area contributed by atoms with Crippen molar-refractivity contribution in [3.8, 4) is 0 Å². The van der Waals surface area contributed by atoms with E-state index in [-0.39, 0.29) is 17.4 Å². The Balaban J connectivity index is 1.39. The molecular formula is C16H13N3O2S3. The van der Waals surface area contributed by atoms with Crippen LogP contribution in [0.4, 0.5) is 5.13 Å². The fourth-order valence-electron chi connectivity index (χ4n) is 2.52. The standard InChI is InChI=1S/C16H13N3O2S3/c20-11-6-3-5-10-14(11)24-15(17-10)19-13(21)8-22-16-18-9-4-1-2-7-12(9)23-16/h1-2,4,7H,3,5-6,8H2,(H,17,19,21). The number of thioether (sulfide) groups is 1. The van der Waals surface area contributed by atoms with Crippen LogP contribution in [0.3, 0.4) is 0 Å². The molecule has 5 nitrogen and oxygen atoms in total. The highest BCUT2D eigenvalue weighted by Crippen LogP contribution is 2.31. The number of nitrogens with one attached hydrogen (secondary N) is 1. The number of amides is 1. The van der Waals surface area contributed by atoms with Crippen molar-refractivity contribution in [2.75, 3.05) is 11.1 Å². The third-order valence-corrected chi connectivity index (χ3v) is 6.85. The number of aryl methyl sites for hydroxylation is 1. The van der Waals surface area contributed by atoms with Crippen LogP contribution in [0.15, 0.2) is 28.6 Å². The lowest BCUT2D eigenvalue weighted by Crippen LogP contribution is -2.13. The van der Waals surface area contributed by atoms with Crippen molar-refractivity contribution >= 4 is 61.5 Å². The highest BCUT2D eigenvalue weighted by atomic mass is 32.2. The minimum Gasteiger partial charge on any atom is -0.301 e. The first-order valence-electron chi connectivity index (χ1n) is 7.50. The normalized spacial score (nSPS) is 13.9. The molecule has 4 rings (SSSR count). The van der Waals surface area contributed by atoms with Gasteiger partial charge >= 0.3 is 0 Å². The summed E-state index contributed by atoms with van der Waals surface area (Å²) in [7, 11) is 0. The lowest BCUT2D eigenvalue weighted by atomic mass is 10.0. The van der Waals surface area contributed by atoms with Crippen LogP contribution in [-0.2, 0) is 11.2 Å². The summed E-state index contributed by atoms with van der Waals surface area (Å²) in [4.78, 5) is 33.5. The smallest absolute Gasteiger partial charge is 0.236 e. The first kappa shape index (κ1) is 15.7. The van der Waals surface area contributed by atoms with Gasteiger partial charge in [-0.05, 0) is 25.0 Å². The number of carbonyl (C=O) groups excluding carboxylic acids is 2. The quantitative estimate of drug-likeness (QED) is 0.698. The number of aromatic nitrogens is 2. The Bertz CT molecular complexity index is 899. The first-order valence-corrected chi connectivity index (χ1v) is 10.1. The van der Waals surface area contributed by atoms with E-state index < -0.39 is 0 Å². The van der Waals surface area contributed by atoms with Crippen molar-refractivity contribution in [2.45, 2.75) is 23.6 Å². The van der Waals surface area contributed by atoms with Crippen LogP contribution in [0.5, 0.6) is 0 Å². The van der Waals surface area contributed by atoms with Gasteiger partial charge in [-0.3, -0.25) is 9.59 Å². The molecule has 2 heterocycles. The van der Waals surface area contributed by atoms with Gasteiger partial charge in [0.15, 0.2) is 15.3 Å². The second-order valence-corrected chi connectivity index (χ2v) is 8.61. The Hall–Kier alpha value is -1.77. The van der Waals surface area contributed by atoms with Gasteiger partial charge in [0.1, 0.15) is 0 Å². The SMILES string of the molecule is O=C(CSc1nc2ccccc2s1)Nc1nc2c(s1)C(=O)CCC2. The molecule has 24 heavy (non-hydrogen) atoms. The maximum absolute atomic E-state index is 12.1. The van der Waals surface area contributed by atoms with E-state index in [9.17, 15) is 9.59 Å². The summed E-state index contributed by atoms with van der Waals surface area (Å²) in [5.74, 6) is 0.286. The minimum atomic E-state index is -0.127. The number of Topliss-reactive ketones (excluding diaryl/α,β-unsaturated/α-hetero) is 1. The average Bonchev–Trinajstić information content (AvgIpc) is 3.16. The van der Waals surface area contributed by atoms with Crippen molar-refractivity contribution in [1.82, 2.24) is 9.97 Å². The number of para-hydroxylation sites is 1. The van der Waals surface area contributed by atoms with Crippen LogP contribution in [0.2, 0.25) is 0 Å². The predicted molar refractivity (Wildman–Crippen MR) is 98.4 cm³/mol. The largest absolute Gasteiger partial charge is 0.301 e. The number of carbonyl (C=O) groups is 2. The van der Waals surface area contributed by atoms with Gasteiger partial charge in [0.05, 0.1) is 26.5 Å². The van der Waals surface area contributed by atoms with Crippen molar-refractivity contribution in [3.05, 3.63) is 34.8 Å². The summed E-state index contributed by atoms with van der Waals surface area (Å²) in [6, 6.07) is 7.92. The molecule has 3 aromatic rings. The molecule has 0 fully saturated rings. The zero-order chi connectivity index (χ0) is 16.5. The number of thiazole rings is 2. The summed E-state index contributed by atoms with van der Waals surface area (Å²) in [5, 5.41) is 3.31. The third-order valence-electron chi connectivity index (χ3n) is 3.62. The molecule has 1 aromatic carbocycles. The number of nitrogens with zero attached hydrogens (tertiary/aromatic N) is 2. The lowest BCUT2D eigenvalue weighted by Gasteiger charge is -2.05. The summed E-state index contributed by atoms with van der Waals surface area (Å²) < 4.78 is 1.99. The summed E-state index contributed by atoms with van der Waals surface area (Å²) in [6.45, 7) is 0. The third kappa shape index (κ3) is 3.22. The molecule has 0 saturated heterocycles. The second-order valence-electron chi connectivity index (χ2n) is 5.36. The number of fused-ring (bicyclic) bond motifs is 2. The Morgan fingerprint density at radius 3 is 2.92 bits per heavy atom. The van der Waals surface area contributed by atoms with E-state index in [0.717, 1.165) is 33.1 Å². The zero-order valence-corrected chi connectivity index (χ0v) is 15.0. The van der Waals surface area contributed by atoms with Crippen LogP contribution in [0.25, 0.3) is 10.2 Å². The van der Waals surface area contributed by atoms with E-state index in [1.807, 2.05) is 24.3 Å². The number of ketones is 1. The van der Waals surface area contributed by atoms with Gasteiger partial charge in [0.2, 0.25) is 5.91 Å². The van der Waals surface area contributed by atoms with E-state index in [0.29, 0.717) is 16.4 Å². The molecule has 0 atom stereocenters. The molecule has 0 saturated carbocycles. The number of anilines is 1. The topological polar surface area (TPSA) is 72.0 Å². The Morgan fingerprint density at radius 1 is 1.21 bits per heavy atom. The molecule has 0 spiro atoms. The van der Waals surface area contributed by atoms with Crippen LogP contribution < -0.4 is 5.32 Å². The number of hydrogen-bond acceptors (Lipinski definition) is 7. The zero-order valence-electron chi connectivity index (χ0n) is 12.6. The molecule has 0 aliphatic heterocycles. The van der Waals surface area contributed by atoms with Gasteiger partial charge < -0.3 is 5.32 Å². The molecule has 122 valence electrons. The molecule has 0 radical (unpaired) electrons. The van der Waals surface area contributed by atoms with Gasteiger partial charge in [-0.2, -0.15) is 0 Å². The molecule has 1 N–H and O–H groups in total. The van der Waals surface area contributed by atoms with Gasteiger partial charge in [0, 0.05) is 6.42 Å². The highest BCUT2D eigenvalue weighted by molar-refractivity contribution is 8.01. The Labute approximate surface area is 150 Å². The van der Waals surface area contributed by atoms with Crippen LogP contribution in [0.1, 0.15) is 28.2 Å². The monoisotopic (exact) mass is 375 g/mol. The fourth-order valence-corrected chi connectivity index (χ4v) is 5.38. The van der Waals surface area contributed by atoms with Crippen LogP contribution >= 0.6 is 34.4 Å². The number of benzene rings is 1. The molecule has 1 aliphatic carbocycles. The Morgan fingerprint density at radius 2 is 2.08 bits per heavy atom. The van der Waals surface area contributed by atoms with E-state index >= 15 is 0 Å². The summed E-state index contributed by atoms with van der Waals surface area (Å²) in [6.07, 6.45) is 2.24. The van der Waals surface area contributed by atoms with E-state index in [1.54, 1.807) is 11.3 Å². The number of hydrogen-bond donors (Lipinski definition) is 1. The van der Waals surface area contributed by atoms with Crippen molar-refractivity contribution in [1.29, 1.82) is 0 Å². The minimum absolute atomic E-state index is 0.127. The van der Waals surface area contributed by atoms with Crippen molar-refractivity contribution in [3.63, 3.8) is 0 Å². The van der Waals surface area contributed by atoms with Crippen LogP contribution in [0, 0.1) is 0 Å². The summed E-state index contributed by atoms with van der Waals surface area (Å²) >= 11 is 4.28. The second kappa shape index (κ2) is 6.62. The van der Waals surface area contributed by atoms with E-state index in [4.69, 9.17) is 0 Å². The predicted octanol–water partition coefficient (Wildman–Crippen LogP) is 4.00. The van der Waals surface area contributed by atoms with Gasteiger partial charge in [-0.25, -0.2) is 9.97 Å². The molecule has 2 aromatic heterocycles. The molecule has 1 amide bonds. The maximum Gasteiger partial charge on any atom is 0.236 e. The first-order chi connectivity index (χ1) is 11.7. The molecular weight excluding hydrogens is 362 g/mol. The number of rotatable bonds is 4. The molecule has 8 heteroatoms. The molecule has 1 aliphatic rings. The molecule has 0 bridgehead atoms. The van der Waals surface area contributed by atoms with Gasteiger partial charge in [0.25, 0.3) is 0 Å². The van der Waals surface area contributed by atoms with Gasteiger partial charge in [-0.15, -0.1) is 11.3 Å². The van der Waals surface area contributed by atoms with Gasteiger partial charge in [-0.1, -0.05) is 35.2 Å². The maximum atomic E-state index is 12.1. The average molecular weight is 376 g/mol. The molecule has 0 unspecified atom stereocenters. The van der Waals surface area contributed by atoms with Crippen molar-refractivity contribution < 1.29 is 9.59 Å². The highest BCUT2D eigenvalue weighted by Gasteiger charge is 2.22. The fraction of sp³-hybridized carbons (Fsp3) is 0.250. The Kier molecular flexibility index (Phi) is 4.34. The van der Waals surface area contributed by atoms with Crippen LogP contribution in [-0.4, -0.2) is 27.4 Å². The van der Waals surface area contributed by atoms with E-state index in [1.165, 1.54) is 23.1 Å². The van der Waals surface area contributed by atoms with Crippen molar-refractivity contribution in [2.24, 2.45) is 0 Å².